The van der Waals surface area contributed by atoms with Crippen LogP contribution in [0.25, 0.3) is 0 Å². The van der Waals surface area contributed by atoms with Gasteiger partial charge < -0.3 is 10.8 Å². The molecule has 0 bridgehead atoms. The second kappa shape index (κ2) is 7.03. The first kappa shape index (κ1) is 17.7. The van der Waals surface area contributed by atoms with E-state index in [1.54, 1.807) is 7.05 Å². The molecule has 0 aromatic rings. The molecule has 1 heterocycles. The number of rotatable bonds is 4. The molecule has 1 aliphatic heterocycles. The Morgan fingerprint density at radius 1 is 1.21 bits per heavy atom. The van der Waals surface area contributed by atoms with Gasteiger partial charge in [0.1, 0.15) is 0 Å². The van der Waals surface area contributed by atoms with E-state index in [4.69, 9.17) is 5.73 Å². The summed E-state index contributed by atoms with van der Waals surface area (Å²) >= 11 is 0. The summed E-state index contributed by atoms with van der Waals surface area (Å²) in [5.74, 6) is 3.08. The lowest BCUT2D eigenvalue weighted by Crippen LogP contribution is -2.46. The molecule has 3 aliphatic rings. The standard InChI is InChI=1S/C19H33N3O2/c1-13-5-3-7-15(9-13)16-8-4-6-14(10-16)11-19(12-23)17(24)22(2)18(20)21-19/h13-16,23H,3-12H2,1-2H3,(H2,20,21)/t13-,14?,15?,16?,19?/m1/s1. The molecule has 0 aromatic carbocycles. The number of aliphatic imine (C=N–C) groups is 1. The highest BCUT2D eigenvalue weighted by Gasteiger charge is 2.48. The highest BCUT2D eigenvalue weighted by Crippen LogP contribution is 2.44. The van der Waals surface area contributed by atoms with Gasteiger partial charge in [-0.3, -0.25) is 9.69 Å². The molecule has 5 atom stereocenters. The number of likely N-dealkylation sites (N-methyl/N-ethyl adjacent to an activating group) is 1. The fourth-order valence-electron chi connectivity index (χ4n) is 5.39. The maximum absolute atomic E-state index is 12.5. The Hall–Kier alpha value is -1.10. The van der Waals surface area contributed by atoms with Gasteiger partial charge >= 0.3 is 0 Å². The Balaban J connectivity index is 1.65. The molecule has 5 heteroatoms. The van der Waals surface area contributed by atoms with E-state index in [9.17, 15) is 9.90 Å². The fourth-order valence-corrected chi connectivity index (χ4v) is 5.39. The number of aliphatic hydroxyl groups is 1. The van der Waals surface area contributed by atoms with Crippen molar-refractivity contribution in [3.8, 4) is 0 Å². The van der Waals surface area contributed by atoms with Crippen LogP contribution in [0.3, 0.4) is 0 Å². The van der Waals surface area contributed by atoms with Gasteiger partial charge in [-0.15, -0.1) is 0 Å². The minimum atomic E-state index is -1.02. The highest BCUT2D eigenvalue weighted by molar-refractivity contribution is 6.06. The first-order valence-corrected chi connectivity index (χ1v) is 9.69. The van der Waals surface area contributed by atoms with E-state index in [0.29, 0.717) is 12.3 Å². The summed E-state index contributed by atoms with van der Waals surface area (Å²) in [5.41, 5.74) is 4.81. The number of guanidine groups is 1. The number of aliphatic hydroxyl groups excluding tert-OH is 1. The lowest BCUT2D eigenvalue weighted by molar-refractivity contribution is -0.132. The van der Waals surface area contributed by atoms with Crippen molar-refractivity contribution in [2.24, 2.45) is 34.4 Å². The van der Waals surface area contributed by atoms with Gasteiger partial charge in [-0.1, -0.05) is 45.4 Å². The van der Waals surface area contributed by atoms with Crippen molar-refractivity contribution >= 4 is 11.9 Å². The zero-order valence-corrected chi connectivity index (χ0v) is 15.2. The predicted molar refractivity (Wildman–Crippen MR) is 95.4 cm³/mol. The molecular formula is C19H33N3O2. The van der Waals surface area contributed by atoms with E-state index in [1.165, 1.54) is 49.8 Å². The number of nitrogens with two attached hydrogens (primary N) is 1. The van der Waals surface area contributed by atoms with Gasteiger partial charge in [-0.25, -0.2) is 4.99 Å². The molecule has 1 amide bonds. The van der Waals surface area contributed by atoms with E-state index >= 15 is 0 Å². The molecule has 2 fully saturated rings. The number of carbonyl (C=O) groups excluding carboxylic acids is 1. The molecule has 2 saturated carbocycles. The molecule has 3 N–H and O–H groups in total. The SMILES string of the molecule is C[C@@H]1CCCC(C2CCCC(CC3(CO)N=C(N)N(C)C3=O)C2)C1. The molecule has 2 aliphatic carbocycles. The molecule has 5 nitrogen and oxygen atoms in total. The first-order valence-electron chi connectivity index (χ1n) is 9.69. The van der Waals surface area contributed by atoms with Crippen molar-refractivity contribution in [2.75, 3.05) is 13.7 Å². The number of carbonyl (C=O) groups is 1. The van der Waals surface area contributed by atoms with Crippen LogP contribution >= 0.6 is 0 Å². The summed E-state index contributed by atoms with van der Waals surface area (Å²) in [7, 11) is 1.64. The first-order chi connectivity index (χ1) is 11.4. The molecule has 3 rings (SSSR count). The summed E-state index contributed by atoms with van der Waals surface area (Å²) in [6.07, 6.45) is 11.1. The minimum absolute atomic E-state index is 0.143. The maximum Gasteiger partial charge on any atom is 0.259 e. The zero-order chi connectivity index (χ0) is 17.3. The topological polar surface area (TPSA) is 78.9 Å². The smallest absolute Gasteiger partial charge is 0.259 e. The van der Waals surface area contributed by atoms with Crippen molar-refractivity contribution < 1.29 is 9.90 Å². The van der Waals surface area contributed by atoms with Crippen LogP contribution in [0.1, 0.15) is 64.7 Å². The second-order valence-corrected chi connectivity index (χ2v) is 8.55. The lowest BCUT2D eigenvalue weighted by Gasteiger charge is -2.39. The lowest BCUT2D eigenvalue weighted by atomic mass is 9.67. The van der Waals surface area contributed by atoms with Gasteiger partial charge in [0, 0.05) is 7.05 Å². The van der Waals surface area contributed by atoms with Crippen molar-refractivity contribution in [1.29, 1.82) is 0 Å². The van der Waals surface area contributed by atoms with Crippen LogP contribution in [0.5, 0.6) is 0 Å². The van der Waals surface area contributed by atoms with Crippen LogP contribution in [-0.4, -0.2) is 41.1 Å². The molecule has 4 unspecified atom stereocenters. The number of amides is 1. The zero-order valence-electron chi connectivity index (χ0n) is 15.2. The number of hydrogen-bond donors (Lipinski definition) is 2. The van der Waals surface area contributed by atoms with E-state index in [0.717, 1.165) is 24.2 Å². The summed E-state index contributed by atoms with van der Waals surface area (Å²) in [6, 6.07) is 0. The summed E-state index contributed by atoms with van der Waals surface area (Å²) in [4.78, 5) is 18.3. The van der Waals surface area contributed by atoms with E-state index < -0.39 is 5.54 Å². The molecule has 0 aromatic heterocycles. The van der Waals surface area contributed by atoms with Gasteiger partial charge in [-0.2, -0.15) is 0 Å². The Kier molecular flexibility index (Phi) is 5.19. The predicted octanol–water partition coefficient (Wildman–Crippen LogP) is 2.53. The van der Waals surface area contributed by atoms with Gasteiger partial charge in [0.25, 0.3) is 5.91 Å². The largest absolute Gasteiger partial charge is 0.393 e. The summed E-state index contributed by atoms with van der Waals surface area (Å²) in [6.45, 7) is 2.15. The van der Waals surface area contributed by atoms with E-state index in [1.807, 2.05) is 0 Å². The van der Waals surface area contributed by atoms with Crippen molar-refractivity contribution in [2.45, 2.75) is 70.3 Å². The van der Waals surface area contributed by atoms with Crippen molar-refractivity contribution in [1.82, 2.24) is 4.90 Å². The minimum Gasteiger partial charge on any atom is -0.393 e. The van der Waals surface area contributed by atoms with Crippen molar-refractivity contribution in [3.05, 3.63) is 0 Å². The Morgan fingerprint density at radius 3 is 2.46 bits per heavy atom. The molecule has 0 saturated heterocycles. The van der Waals surface area contributed by atoms with Crippen LogP contribution < -0.4 is 5.73 Å². The normalized spacial score (nSPS) is 40.7. The van der Waals surface area contributed by atoms with Crippen LogP contribution in [0.4, 0.5) is 0 Å². The monoisotopic (exact) mass is 335 g/mol. The number of nitrogens with zero attached hydrogens (tertiary/aromatic N) is 2. The maximum atomic E-state index is 12.5. The van der Waals surface area contributed by atoms with Gasteiger partial charge in [0.2, 0.25) is 0 Å². The van der Waals surface area contributed by atoms with Crippen LogP contribution in [0, 0.1) is 23.7 Å². The fraction of sp³-hybridized carbons (Fsp3) is 0.895. The summed E-state index contributed by atoms with van der Waals surface area (Å²) < 4.78 is 0. The highest BCUT2D eigenvalue weighted by atomic mass is 16.3. The quantitative estimate of drug-likeness (QED) is 0.828. The average Bonchev–Trinajstić information content (AvgIpc) is 2.79. The third-order valence-corrected chi connectivity index (χ3v) is 6.73. The molecular weight excluding hydrogens is 302 g/mol. The van der Waals surface area contributed by atoms with Crippen LogP contribution in [0.15, 0.2) is 4.99 Å². The van der Waals surface area contributed by atoms with Crippen molar-refractivity contribution in [3.63, 3.8) is 0 Å². The molecule has 24 heavy (non-hydrogen) atoms. The average molecular weight is 335 g/mol. The van der Waals surface area contributed by atoms with Crippen LogP contribution in [-0.2, 0) is 4.79 Å². The molecule has 0 spiro atoms. The number of hydrogen-bond acceptors (Lipinski definition) is 4. The summed E-state index contributed by atoms with van der Waals surface area (Å²) in [5, 5.41) is 9.89. The van der Waals surface area contributed by atoms with E-state index in [-0.39, 0.29) is 18.5 Å². The second-order valence-electron chi connectivity index (χ2n) is 8.55. The third kappa shape index (κ3) is 3.32. The third-order valence-electron chi connectivity index (χ3n) is 6.73. The van der Waals surface area contributed by atoms with Gasteiger partial charge in [0.15, 0.2) is 11.5 Å². The van der Waals surface area contributed by atoms with E-state index in [2.05, 4.69) is 11.9 Å². The molecule has 0 radical (unpaired) electrons. The van der Waals surface area contributed by atoms with Gasteiger partial charge in [0.05, 0.1) is 6.61 Å². The van der Waals surface area contributed by atoms with Crippen LogP contribution in [0.2, 0.25) is 0 Å². The Bertz CT molecular complexity index is 507. The Morgan fingerprint density at radius 2 is 1.88 bits per heavy atom. The Labute approximate surface area is 145 Å². The van der Waals surface area contributed by atoms with Gasteiger partial charge in [-0.05, 0) is 42.9 Å². The molecule has 136 valence electrons.